The Balaban J connectivity index is 2.45. The van der Waals surface area contributed by atoms with Gasteiger partial charge in [0.15, 0.2) is 0 Å². The van der Waals surface area contributed by atoms with Gasteiger partial charge in [0.05, 0.1) is 6.10 Å². The zero-order chi connectivity index (χ0) is 13.0. The van der Waals surface area contributed by atoms with E-state index in [4.69, 9.17) is 4.74 Å². The number of hydrogen-bond donors (Lipinski definition) is 0. The normalized spacial score (nSPS) is 31.3. The van der Waals surface area contributed by atoms with E-state index in [-0.39, 0.29) is 29.1 Å². The first-order valence-electron chi connectivity index (χ1n) is 6.24. The van der Waals surface area contributed by atoms with Crippen molar-refractivity contribution in [2.75, 3.05) is 19.7 Å². The van der Waals surface area contributed by atoms with Crippen LogP contribution in [0.2, 0.25) is 0 Å². The summed E-state index contributed by atoms with van der Waals surface area (Å²) in [5, 5.41) is 0.123. The maximum atomic E-state index is 11.9. The highest BCUT2D eigenvalue weighted by molar-refractivity contribution is 7.86. The minimum atomic E-state index is -0.816. The zero-order valence-electron chi connectivity index (χ0n) is 11.1. The van der Waals surface area contributed by atoms with Gasteiger partial charge < -0.3 is 9.64 Å². The van der Waals surface area contributed by atoms with E-state index in [1.165, 1.54) is 0 Å². The predicted molar refractivity (Wildman–Crippen MR) is 69.4 cm³/mol. The van der Waals surface area contributed by atoms with Crippen LogP contribution in [0.1, 0.15) is 34.1 Å². The Hall–Kier alpha value is -0.420. The van der Waals surface area contributed by atoms with Crippen LogP contribution < -0.4 is 0 Å². The lowest BCUT2D eigenvalue weighted by Gasteiger charge is -2.34. The largest absolute Gasteiger partial charge is 0.369 e. The predicted octanol–water partition coefficient (Wildman–Crippen LogP) is 1.17. The lowest BCUT2D eigenvalue weighted by atomic mass is 10.3. The van der Waals surface area contributed by atoms with Crippen molar-refractivity contribution in [3.05, 3.63) is 0 Å². The minimum absolute atomic E-state index is 0.0145. The second-order valence-electron chi connectivity index (χ2n) is 4.78. The van der Waals surface area contributed by atoms with Gasteiger partial charge in [-0.15, -0.1) is 0 Å². The molecule has 1 amide bonds. The monoisotopic (exact) mass is 261 g/mol. The molecule has 1 aliphatic heterocycles. The van der Waals surface area contributed by atoms with Gasteiger partial charge in [-0.05, 0) is 27.2 Å². The summed E-state index contributed by atoms with van der Waals surface area (Å²) in [6.07, 6.45) is 1.03. The first kappa shape index (κ1) is 14.6. The molecule has 1 aliphatic rings. The van der Waals surface area contributed by atoms with Gasteiger partial charge in [0.2, 0.25) is 5.91 Å². The average Bonchev–Trinajstić information content (AvgIpc) is 2.31. The van der Waals surface area contributed by atoms with Crippen LogP contribution in [0.5, 0.6) is 0 Å². The molecule has 3 unspecified atom stereocenters. The van der Waals surface area contributed by atoms with Crippen LogP contribution in [0, 0.1) is 0 Å². The fourth-order valence-electron chi connectivity index (χ4n) is 1.87. The molecule has 17 heavy (non-hydrogen) atoms. The smallest absolute Gasteiger partial charge is 0.248 e. The maximum absolute atomic E-state index is 11.9. The Bertz CT molecular complexity index is 281. The Labute approximate surface area is 106 Å². The molecule has 1 heterocycles. The van der Waals surface area contributed by atoms with E-state index in [0.717, 1.165) is 6.42 Å². The van der Waals surface area contributed by atoms with E-state index in [1.54, 1.807) is 4.90 Å². The lowest BCUT2D eigenvalue weighted by Crippen LogP contribution is -2.50. The maximum Gasteiger partial charge on any atom is 0.248 e. The number of ether oxygens (including phenoxy) is 1. The minimum Gasteiger partial charge on any atom is -0.369 e. The quantitative estimate of drug-likeness (QED) is 0.763. The Morgan fingerprint density at radius 1 is 1.41 bits per heavy atom. The molecule has 5 heteroatoms. The summed E-state index contributed by atoms with van der Waals surface area (Å²) in [6, 6.07) is 0. The Morgan fingerprint density at radius 3 is 2.41 bits per heavy atom. The Kier molecular flexibility index (Phi) is 5.59. The third kappa shape index (κ3) is 4.07. The first-order chi connectivity index (χ1) is 7.95. The molecule has 0 aromatic rings. The molecule has 1 rings (SSSR count). The number of hydrogen-bond acceptors (Lipinski definition) is 3. The first-order valence-corrected chi connectivity index (χ1v) is 7.52. The summed E-state index contributed by atoms with van der Waals surface area (Å²) in [5.41, 5.74) is 0. The second kappa shape index (κ2) is 6.50. The van der Waals surface area contributed by atoms with Gasteiger partial charge in [0, 0.05) is 34.4 Å². The van der Waals surface area contributed by atoms with Crippen LogP contribution in [0.15, 0.2) is 0 Å². The topological polar surface area (TPSA) is 46.6 Å². The molecule has 0 aliphatic carbocycles. The number of rotatable bonds is 4. The van der Waals surface area contributed by atoms with Gasteiger partial charge in [-0.1, -0.05) is 6.92 Å². The average molecular weight is 261 g/mol. The number of carbonyl (C=O) groups is 1. The summed E-state index contributed by atoms with van der Waals surface area (Å²) in [7, 11) is -0.816. The fraction of sp³-hybridized carbons (Fsp3) is 0.917. The lowest BCUT2D eigenvalue weighted by molar-refractivity contribution is -0.138. The van der Waals surface area contributed by atoms with Crippen LogP contribution in [0.25, 0.3) is 0 Å². The fourth-order valence-corrected chi connectivity index (χ4v) is 3.31. The molecule has 1 fully saturated rings. The molecule has 3 atom stereocenters. The van der Waals surface area contributed by atoms with E-state index in [2.05, 4.69) is 0 Å². The molecule has 0 saturated carbocycles. The van der Waals surface area contributed by atoms with Crippen molar-refractivity contribution < 1.29 is 13.7 Å². The highest BCUT2D eigenvalue weighted by Crippen LogP contribution is 2.15. The molecular formula is C12H23NO3S. The molecule has 0 aromatic heterocycles. The van der Waals surface area contributed by atoms with Crippen molar-refractivity contribution >= 4 is 16.7 Å². The van der Waals surface area contributed by atoms with Gasteiger partial charge in [-0.2, -0.15) is 0 Å². The summed E-state index contributed by atoms with van der Waals surface area (Å²) in [4.78, 5) is 13.7. The SMILES string of the molecule is CCC(C)OCC(=O)N1CC(C)S(=O)C(C)C1. The van der Waals surface area contributed by atoms with E-state index in [1.807, 2.05) is 27.7 Å². The number of carbonyl (C=O) groups excluding carboxylic acids is 1. The molecule has 0 radical (unpaired) electrons. The number of amides is 1. The van der Waals surface area contributed by atoms with Gasteiger partial charge in [0.1, 0.15) is 6.61 Å². The van der Waals surface area contributed by atoms with Crippen molar-refractivity contribution in [2.24, 2.45) is 0 Å². The van der Waals surface area contributed by atoms with Gasteiger partial charge >= 0.3 is 0 Å². The van der Waals surface area contributed by atoms with Crippen LogP contribution >= 0.6 is 0 Å². The zero-order valence-corrected chi connectivity index (χ0v) is 12.0. The van der Waals surface area contributed by atoms with E-state index < -0.39 is 10.8 Å². The van der Waals surface area contributed by atoms with Crippen molar-refractivity contribution in [3.63, 3.8) is 0 Å². The summed E-state index contributed by atoms with van der Waals surface area (Å²) >= 11 is 0. The standard InChI is InChI=1S/C12H23NO3S/c1-5-9(2)16-8-12(14)13-6-10(3)17(15)11(4)7-13/h9-11H,5-8H2,1-4H3. The number of nitrogens with zero attached hydrogens (tertiary/aromatic N) is 1. The summed E-state index contributed by atoms with van der Waals surface area (Å²) < 4.78 is 17.2. The van der Waals surface area contributed by atoms with Gasteiger partial charge in [-0.3, -0.25) is 9.00 Å². The molecule has 4 nitrogen and oxygen atoms in total. The molecule has 1 saturated heterocycles. The van der Waals surface area contributed by atoms with E-state index >= 15 is 0 Å². The summed E-state index contributed by atoms with van der Waals surface area (Å²) in [5.74, 6) is 0.0145. The highest BCUT2D eigenvalue weighted by Gasteiger charge is 2.31. The third-order valence-corrected chi connectivity index (χ3v) is 5.05. The van der Waals surface area contributed by atoms with E-state index in [0.29, 0.717) is 13.1 Å². The molecular weight excluding hydrogens is 238 g/mol. The Morgan fingerprint density at radius 2 is 1.94 bits per heavy atom. The summed E-state index contributed by atoms with van der Waals surface area (Å²) in [6.45, 7) is 9.16. The van der Waals surface area contributed by atoms with Crippen LogP contribution in [0.4, 0.5) is 0 Å². The molecule has 0 N–H and O–H groups in total. The van der Waals surface area contributed by atoms with E-state index in [9.17, 15) is 9.00 Å². The molecule has 0 aromatic carbocycles. The third-order valence-electron chi connectivity index (χ3n) is 3.17. The molecule has 100 valence electrons. The molecule has 0 bridgehead atoms. The van der Waals surface area contributed by atoms with Crippen LogP contribution in [-0.4, -0.2) is 51.3 Å². The van der Waals surface area contributed by atoms with Crippen LogP contribution in [0.3, 0.4) is 0 Å². The van der Waals surface area contributed by atoms with Crippen molar-refractivity contribution in [1.82, 2.24) is 4.90 Å². The van der Waals surface area contributed by atoms with Crippen molar-refractivity contribution in [2.45, 2.75) is 50.7 Å². The van der Waals surface area contributed by atoms with Crippen molar-refractivity contribution in [1.29, 1.82) is 0 Å². The van der Waals surface area contributed by atoms with Crippen LogP contribution in [-0.2, 0) is 20.3 Å². The van der Waals surface area contributed by atoms with Gasteiger partial charge in [0.25, 0.3) is 0 Å². The molecule has 0 spiro atoms. The second-order valence-corrected chi connectivity index (χ2v) is 7.04. The van der Waals surface area contributed by atoms with Gasteiger partial charge in [-0.25, -0.2) is 0 Å². The van der Waals surface area contributed by atoms with Crippen molar-refractivity contribution in [3.8, 4) is 0 Å². The highest BCUT2D eigenvalue weighted by atomic mass is 32.2.